The number of benzene rings is 3. The molecule has 33 heavy (non-hydrogen) atoms. The average molecular weight is 436 g/mol. The fraction of sp³-hybridized carbons (Fsp3) is 0.143. The largest absolute Gasteiger partial charge is 0.491 e. The van der Waals surface area contributed by atoms with Crippen LogP contribution in [-0.4, -0.2) is 21.1 Å². The Morgan fingerprint density at radius 2 is 1.52 bits per heavy atom. The van der Waals surface area contributed by atoms with Gasteiger partial charge in [-0.3, -0.25) is 0 Å². The van der Waals surface area contributed by atoms with E-state index in [9.17, 15) is 0 Å². The summed E-state index contributed by atoms with van der Waals surface area (Å²) in [4.78, 5) is 12.7. The van der Waals surface area contributed by atoms with E-state index in [1.165, 1.54) is 0 Å². The molecule has 0 fully saturated rings. The van der Waals surface area contributed by atoms with E-state index in [1.807, 2.05) is 86.8 Å². The minimum Gasteiger partial charge on any atom is -0.491 e. The van der Waals surface area contributed by atoms with Gasteiger partial charge in [-0.1, -0.05) is 60.7 Å². The molecule has 0 saturated heterocycles. The molecule has 0 aliphatic carbocycles. The van der Waals surface area contributed by atoms with Crippen molar-refractivity contribution in [3.63, 3.8) is 0 Å². The number of aromatic nitrogens is 3. The number of pyridine rings is 1. The van der Waals surface area contributed by atoms with Crippen molar-refractivity contribution in [3.05, 3.63) is 96.7 Å². The molecule has 0 unspecified atom stereocenters. The third-order valence-corrected chi connectivity index (χ3v) is 5.22. The molecular weight excluding hydrogens is 410 g/mol. The van der Waals surface area contributed by atoms with Crippen LogP contribution in [0.25, 0.3) is 33.7 Å². The molecule has 0 spiro atoms. The first kappa shape index (κ1) is 20.8. The zero-order valence-electron chi connectivity index (χ0n) is 18.7. The number of hydrogen-bond donors (Lipinski definition) is 1. The van der Waals surface area contributed by atoms with Gasteiger partial charge in [0.05, 0.1) is 11.6 Å². The van der Waals surface area contributed by atoms with Crippen molar-refractivity contribution >= 4 is 11.2 Å². The van der Waals surface area contributed by atoms with E-state index < -0.39 is 0 Å². The molecule has 5 rings (SSSR count). The highest BCUT2D eigenvalue weighted by Gasteiger charge is 2.12. The van der Waals surface area contributed by atoms with Crippen molar-refractivity contribution < 1.29 is 9.47 Å². The molecule has 5 aromatic rings. The maximum Gasteiger partial charge on any atom is 0.178 e. The average Bonchev–Trinajstić information content (AvgIpc) is 3.27. The van der Waals surface area contributed by atoms with E-state index in [0.29, 0.717) is 12.3 Å². The number of ether oxygens (including phenoxy) is 2. The molecule has 0 aliphatic heterocycles. The lowest BCUT2D eigenvalue weighted by molar-refractivity contribution is 0.239. The molecule has 0 bridgehead atoms. The second-order valence-electron chi connectivity index (χ2n) is 8.18. The van der Waals surface area contributed by atoms with Crippen LogP contribution in [0.1, 0.15) is 19.4 Å². The predicted octanol–water partition coefficient (Wildman–Crippen LogP) is 6.66. The van der Waals surface area contributed by atoms with Crippen LogP contribution in [0.5, 0.6) is 11.5 Å². The number of imidazole rings is 1. The van der Waals surface area contributed by atoms with Crippen LogP contribution >= 0.6 is 0 Å². The fourth-order valence-electron chi connectivity index (χ4n) is 3.70. The van der Waals surface area contributed by atoms with Crippen molar-refractivity contribution in [1.82, 2.24) is 15.0 Å². The van der Waals surface area contributed by atoms with Crippen LogP contribution in [0.2, 0.25) is 0 Å². The quantitative estimate of drug-likeness (QED) is 0.311. The van der Waals surface area contributed by atoms with Crippen molar-refractivity contribution in [2.45, 2.75) is 26.6 Å². The summed E-state index contributed by atoms with van der Waals surface area (Å²) in [6.45, 7) is 4.49. The molecule has 2 heterocycles. The van der Waals surface area contributed by atoms with Gasteiger partial charge in [0.1, 0.15) is 23.9 Å². The fourth-order valence-corrected chi connectivity index (χ4v) is 3.70. The summed E-state index contributed by atoms with van der Waals surface area (Å²) in [5, 5.41) is 0. The first-order valence-corrected chi connectivity index (χ1v) is 11.0. The van der Waals surface area contributed by atoms with Crippen molar-refractivity contribution in [2.75, 3.05) is 0 Å². The molecule has 2 aromatic heterocycles. The highest BCUT2D eigenvalue weighted by atomic mass is 16.5. The van der Waals surface area contributed by atoms with Gasteiger partial charge in [0.15, 0.2) is 5.65 Å². The lowest BCUT2D eigenvalue weighted by atomic mass is 10.1. The Kier molecular flexibility index (Phi) is 5.77. The lowest BCUT2D eigenvalue weighted by Crippen LogP contribution is -2.06. The van der Waals surface area contributed by atoms with Gasteiger partial charge in [-0.15, -0.1) is 0 Å². The van der Waals surface area contributed by atoms with Gasteiger partial charge in [0, 0.05) is 23.4 Å². The molecule has 5 heteroatoms. The smallest absolute Gasteiger partial charge is 0.178 e. The Morgan fingerprint density at radius 3 is 2.27 bits per heavy atom. The van der Waals surface area contributed by atoms with Gasteiger partial charge in [-0.05, 0) is 43.2 Å². The minimum atomic E-state index is 0.0491. The third kappa shape index (κ3) is 4.88. The Hall–Kier alpha value is -4.12. The number of nitrogens with one attached hydrogen (secondary N) is 1. The molecule has 1 N–H and O–H groups in total. The van der Waals surface area contributed by atoms with Crippen molar-refractivity contribution in [2.24, 2.45) is 0 Å². The molecule has 0 saturated carbocycles. The van der Waals surface area contributed by atoms with Gasteiger partial charge in [0.2, 0.25) is 0 Å². The second-order valence-corrected chi connectivity index (χ2v) is 8.18. The Labute approximate surface area is 193 Å². The summed E-state index contributed by atoms with van der Waals surface area (Å²) >= 11 is 0. The number of aromatic amines is 1. The minimum absolute atomic E-state index is 0.0491. The lowest BCUT2D eigenvalue weighted by Gasteiger charge is -2.14. The van der Waals surface area contributed by atoms with E-state index in [2.05, 4.69) is 28.2 Å². The Bertz CT molecular complexity index is 1360. The topological polar surface area (TPSA) is 60.0 Å². The van der Waals surface area contributed by atoms with Gasteiger partial charge < -0.3 is 14.5 Å². The van der Waals surface area contributed by atoms with Crippen LogP contribution in [0.3, 0.4) is 0 Å². The zero-order valence-corrected chi connectivity index (χ0v) is 18.7. The molecule has 3 aromatic carbocycles. The first-order chi connectivity index (χ1) is 16.1. The Morgan fingerprint density at radius 1 is 0.788 bits per heavy atom. The second kappa shape index (κ2) is 9.17. The summed E-state index contributed by atoms with van der Waals surface area (Å²) < 4.78 is 12.1. The molecule has 5 nitrogen and oxygen atoms in total. The number of nitrogens with zero attached hydrogens (tertiary/aromatic N) is 2. The van der Waals surface area contributed by atoms with Gasteiger partial charge >= 0.3 is 0 Å². The summed E-state index contributed by atoms with van der Waals surface area (Å²) in [5.74, 6) is 2.19. The van der Waals surface area contributed by atoms with Crippen LogP contribution in [0.15, 0.2) is 91.1 Å². The van der Waals surface area contributed by atoms with Gasteiger partial charge in [-0.25, -0.2) is 9.97 Å². The standard InChI is InChI=1S/C28H25N3O2/c1-19(2)33-25-14-22(13-24(16-25)32-18-20-9-5-3-6-10-20)27-30-26-15-23(17-29-28(26)31-27)21-11-7-4-8-12-21/h3-17,19H,18H2,1-2H3,(H,29,30,31). The summed E-state index contributed by atoms with van der Waals surface area (Å²) in [6.07, 6.45) is 1.91. The Balaban J connectivity index is 1.48. The molecule has 0 radical (unpaired) electrons. The highest BCUT2D eigenvalue weighted by molar-refractivity contribution is 5.81. The molecular formula is C28H25N3O2. The van der Waals surface area contributed by atoms with E-state index in [0.717, 1.165) is 45.1 Å². The normalized spacial score (nSPS) is 11.1. The first-order valence-electron chi connectivity index (χ1n) is 11.0. The number of hydrogen-bond acceptors (Lipinski definition) is 4. The maximum atomic E-state index is 6.09. The SMILES string of the molecule is CC(C)Oc1cc(OCc2ccccc2)cc(-c2nc3ncc(-c4ccccc4)cc3[nH]2)c1. The number of H-pyrrole nitrogens is 1. The van der Waals surface area contributed by atoms with Crippen molar-refractivity contribution in [3.8, 4) is 34.0 Å². The van der Waals surface area contributed by atoms with Gasteiger partial charge in [-0.2, -0.15) is 0 Å². The maximum absolute atomic E-state index is 6.09. The monoisotopic (exact) mass is 435 g/mol. The van der Waals surface area contributed by atoms with Crippen LogP contribution in [0.4, 0.5) is 0 Å². The summed E-state index contributed by atoms with van der Waals surface area (Å²) in [5.41, 5.74) is 5.71. The number of fused-ring (bicyclic) bond motifs is 1. The van der Waals surface area contributed by atoms with Crippen LogP contribution < -0.4 is 9.47 Å². The third-order valence-electron chi connectivity index (χ3n) is 5.22. The summed E-state index contributed by atoms with van der Waals surface area (Å²) in [7, 11) is 0. The van der Waals surface area contributed by atoms with Crippen LogP contribution in [0, 0.1) is 0 Å². The van der Waals surface area contributed by atoms with E-state index in [4.69, 9.17) is 14.5 Å². The predicted molar refractivity (Wildman–Crippen MR) is 131 cm³/mol. The van der Waals surface area contributed by atoms with E-state index in [1.54, 1.807) is 0 Å². The molecule has 0 amide bonds. The molecule has 0 aliphatic rings. The number of rotatable bonds is 7. The van der Waals surface area contributed by atoms with E-state index in [-0.39, 0.29) is 6.10 Å². The van der Waals surface area contributed by atoms with Crippen molar-refractivity contribution in [1.29, 1.82) is 0 Å². The molecule has 164 valence electrons. The van der Waals surface area contributed by atoms with Crippen LogP contribution in [-0.2, 0) is 6.61 Å². The zero-order chi connectivity index (χ0) is 22.6. The highest BCUT2D eigenvalue weighted by Crippen LogP contribution is 2.31. The van der Waals surface area contributed by atoms with Gasteiger partial charge in [0.25, 0.3) is 0 Å². The summed E-state index contributed by atoms with van der Waals surface area (Å²) in [6, 6.07) is 28.3. The van der Waals surface area contributed by atoms with E-state index >= 15 is 0 Å². The molecule has 0 atom stereocenters.